The van der Waals surface area contributed by atoms with E-state index in [1.807, 2.05) is 6.07 Å². The van der Waals surface area contributed by atoms with Crippen LogP contribution in [0.5, 0.6) is 0 Å². The highest BCUT2D eigenvalue weighted by Crippen LogP contribution is 2.26. The van der Waals surface area contributed by atoms with Crippen molar-refractivity contribution in [2.24, 2.45) is 0 Å². The van der Waals surface area contributed by atoms with E-state index in [2.05, 4.69) is 20.5 Å². The summed E-state index contributed by atoms with van der Waals surface area (Å²) in [4.78, 5) is 16.4. The quantitative estimate of drug-likeness (QED) is 0.359. The zero-order valence-corrected chi connectivity index (χ0v) is 17.4. The lowest BCUT2D eigenvalue weighted by Crippen LogP contribution is -2.13. The minimum atomic E-state index is -3.00. The van der Waals surface area contributed by atoms with Crippen molar-refractivity contribution >= 4 is 23.5 Å². The molecule has 33 heavy (non-hydrogen) atoms. The molecule has 0 unspecified atom stereocenters. The van der Waals surface area contributed by atoms with Gasteiger partial charge in [-0.1, -0.05) is 23.7 Å². The van der Waals surface area contributed by atoms with Crippen molar-refractivity contribution < 1.29 is 26.8 Å². The maximum Gasteiger partial charge on any atom is 0.293 e. The Bertz CT molecular complexity index is 1270. The lowest BCUT2D eigenvalue weighted by molar-refractivity contribution is 0.0993. The van der Waals surface area contributed by atoms with Crippen LogP contribution in [0.25, 0.3) is 0 Å². The third-order valence-corrected chi connectivity index (χ3v) is 4.70. The number of nitrogens with one attached hydrogen (secondary N) is 1. The van der Waals surface area contributed by atoms with Crippen molar-refractivity contribution in [2.75, 3.05) is 5.32 Å². The van der Waals surface area contributed by atoms with Crippen LogP contribution in [-0.2, 0) is 13.1 Å². The zero-order valence-electron chi connectivity index (χ0n) is 16.6. The molecule has 0 fully saturated rings. The minimum Gasteiger partial charge on any atom is -0.454 e. The van der Waals surface area contributed by atoms with Gasteiger partial charge in [-0.15, -0.1) is 5.10 Å². The van der Waals surface area contributed by atoms with Gasteiger partial charge >= 0.3 is 0 Å². The Kier molecular flexibility index (Phi) is 6.45. The fraction of sp³-hybridized carbons (Fsp3) is 0.200. The summed E-state index contributed by atoms with van der Waals surface area (Å²) in [6.07, 6.45) is -4.57. The van der Waals surface area contributed by atoms with Gasteiger partial charge in [0.1, 0.15) is 23.5 Å². The fourth-order valence-corrected chi connectivity index (χ4v) is 3.22. The highest BCUT2D eigenvalue weighted by atomic mass is 35.5. The van der Waals surface area contributed by atoms with Gasteiger partial charge < -0.3 is 4.42 Å². The first-order chi connectivity index (χ1) is 15.8. The van der Waals surface area contributed by atoms with Gasteiger partial charge in [0.05, 0.1) is 13.1 Å². The number of benzene rings is 1. The smallest absolute Gasteiger partial charge is 0.293 e. The Morgan fingerprint density at radius 1 is 1.06 bits per heavy atom. The molecule has 1 N–H and O–H groups in total. The first kappa shape index (κ1) is 22.5. The molecule has 172 valence electrons. The van der Waals surface area contributed by atoms with Gasteiger partial charge in [0.2, 0.25) is 5.95 Å². The third kappa shape index (κ3) is 5.40. The van der Waals surface area contributed by atoms with Gasteiger partial charge in [-0.05, 0) is 35.9 Å². The van der Waals surface area contributed by atoms with Crippen LogP contribution in [0.3, 0.4) is 0 Å². The number of alkyl halides is 4. The van der Waals surface area contributed by atoms with Gasteiger partial charge in [0, 0.05) is 5.02 Å². The standard InChI is InChI=1S/C20H15ClF4N6O2/c21-12-3-1-2-11(6-12)8-30-10-26-20(29-30)27-19(32)16-5-4-13(33-16)9-31-15(18(24)25)7-14(28-31)17(22)23/h1-7,10,17-18H,8-9H2,(H,27,29,32). The van der Waals surface area contributed by atoms with Crippen LogP contribution in [0.1, 0.15) is 46.1 Å². The molecular formula is C20H15ClF4N6O2. The molecule has 3 aromatic heterocycles. The molecule has 1 amide bonds. The fourth-order valence-electron chi connectivity index (χ4n) is 3.01. The van der Waals surface area contributed by atoms with Gasteiger partial charge in [-0.3, -0.25) is 14.8 Å². The number of amides is 1. The number of hydrogen-bond acceptors (Lipinski definition) is 5. The summed E-state index contributed by atoms with van der Waals surface area (Å²) in [7, 11) is 0. The van der Waals surface area contributed by atoms with Crippen LogP contribution in [0.2, 0.25) is 5.02 Å². The van der Waals surface area contributed by atoms with Crippen molar-refractivity contribution in [2.45, 2.75) is 25.9 Å². The van der Waals surface area contributed by atoms with Gasteiger partial charge in [-0.25, -0.2) is 27.2 Å². The maximum absolute atomic E-state index is 13.1. The van der Waals surface area contributed by atoms with E-state index in [0.717, 1.165) is 5.56 Å². The Morgan fingerprint density at radius 2 is 1.88 bits per heavy atom. The average Bonchev–Trinajstić information content (AvgIpc) is 3.48. The summed E-state index contributed by atoms with van der Waals surface area (Å²) in [6.45, 7) is 0.0253. The Hall–Kier alpha value is -3.67. The van der Waals surface area contributed by atoms with Crippen LogP contribution in [-0.4, -0.2) is 30.5 Å². The number of carbonyl (C=O) groups excluding carboxylic acids is 1. The number of hydrogen-bond donors (Lipinski definition) is 1. The van der Waals surface area contributed by atoms with Crippen LogP contribution < -0.4 is 5.32 Å². The molecule has 0 aliphatic heterocycles. The van der Waals surface area contributed by atoms with E-state index < -0.39 is 30.1 Å². The van der Waals surface area contributed by atoms with Gasteiger partial charge in [-0.2, -0.15) is 5.10 Å². The van der Waals surface area contributed by atoms with E-state index in [1.54, 1.807) is 18.2 Å². The molecule has 13 heteroatoms. The van der Waals surface area contributed by atoms with Crippen molar-refractivity contribution in [3.63, 3.8) is 0 Å². The van der Waals surface area contributed by atoms with Gasteiger partial charge in [0.25, 0.3) is 18.8 Å². The number of halogens is 5. The molecule has 0 saturated carbocycles. The molecule has 4 rings (SSSR count). The molecule has 0 spiro atoms. The molecule has 4 aromatic rings. The number of rotatable bonds is 8. The number of anilines is 1. The predicted molar refractivity (Wildman–Crippen MR) is 108 cm³/mol. The summed E-state index contributed by atoms with van der Waals surface area (Å²) in [6, 6.07) is 10.5. The first-order valence-electron chi connectivity index (χ1n) is 9.46. The van der Waals surface area contributed by atoms with Crippen molar-refractivity contribution in [3.05, 3.63) is 82.3 Å². The number of carbonyl (C=O) groups is 1. The van der Waals surface area contributed by atoms with Crippen molar-refractivity contribution in [1.29, 1.82) is 0 Å². The summed E-state index contributed by atoms with van der Waals surface area (Å²) in [5.41, 5.74) is -0.561. The van der Waals surface area contributed by atoms with Crippen LogP contribution in [0, 0.1) is 0 Å². The number of nitrogens with zero attached hydrogens (tertiary/aromatic N) is 5. The molecule has 0 radical (unpaired) electrons. The number of aromatic nitrogens is 5. The molecule has 0 atom stereocenters. The highest BCUT2D eigenvalue weighted by Gasteiger charge is 2.22. The van der Waals surface area contributed by atoms with Crippen LogP contribution in [0.15, 0.2) is 53.2 Å². The Labute approximate surface area is 188 Å². The minimum absolute atomic E-state index is 0.0219. The largest absolute Gasteiger partial charge is 0.454 e. The maximum atomic E-state index is 13.1. The Morgan fingerprint density at radius 3 is 2.61 bits per heavy atom. The topological polar surface area (TPSA) is 90.8 Å². The zero-order chi connectivity index (χ0) is 23.5. The van der Waals surface area contributed by atoms with E-state index >= 15 is 0 Å². The van der Waals surface area contributed by atoms with E-state index in [0.29, 0.717) is 22.3 Å². The summed E-state index contributed by atoms with van der Waals surface area (Å²) < 4.78 is 59.4. The molecular weight excluding hydrogens is 468 g/mol. The molecule has 0 aliphatic carbocycles. The predicted octanol–water partition coefficient (Wildman–Crippen LogP) is 4.95. The average molecular weight is 483 g/mol. The molecule has 8 nitrogen and oxygen atoms in total. The summed E-state index contributed by atoms with van der Waals surface area (Å²) in [5, 5.41) is 10.7. The molecule has 3 heterocycles. The van der Waals surface area contributed by atoms with E-state index in [-0.39, 0.29) is 24.0 Å². The van der Waals surface area contributed by atoms with Gasteiger partial charge in [0.15, 0.2) is 5.76 Å². The molecule has 0 bridgehead atoms. The molecule has 0 aliphatic rings. The second kappa shape index (κ2) is 9.45. The SMILES string of the molecule is O=C(Nc1ncn(Cc2cccc(Cl)c2)n1)c1ccc(Cn2nc(C(F)F)cc2C(F)F)o1. The first-order valence-corrected chi connectivity index (χ1v) is 9.84. The van der Waals surface area contributed by atoms with Crippen molar-refractivity contribution in [1.82, 2.24) is 24.5 Å². The highest BCUT2D eigenvalue weighted by molar-refractivity contribution is 6.30. The molecule has 0 saturated heterocycles. The van der Waals surface area contributed by atoms with E-state index in [4.69, 9.17) is 16.0 Å². The van der Waals surface area contributed by atoms with Crippen LogP contribution >= 0.6 is 11.6 Å². The lowest BCUT2D eigenvalue weighted by Gasteiger charge is -2.04. The monoisotopic (exact) mass is 482 g/mol. The lowest BCUT2D eigenvalue weighted by atomic mass is 10.2. The third-order valence-electron chi connectivity index (χ3n) is 4.46. The second-order valence-electron chi connectivity index (χ2n) is 6.87. The second-order valence-corrected chi connectivity index (χ2v) is 7.31. The van der Waals surface area contributed by atoms with E-state index in [9.17, 15) is 22.4 Å². The summed E-state index contributed by atoms with van der Waals surface area (Å²) in [5.74, 6) is -0.723. The molecule has 1 aromatic carbocycles. The normalized spacial score (nSPS) is 11.5. The number of furan rings is 1. The van der Waals surface area contributed by atoms with Crippen LogP contribution in [0.4, 0.5) is 23.5 Å². The van der Waals surface area contributed by atoms with E-state index in [1.165, 1.54) is 23.1 Å². The Balaban J connectivity index is 1.41. The summed E-state index contributed by atoms with van der Waals surface area (Å²) >= 11 is 5.96. The van der Waals surface area contributed by atoms with Crippen molar-refractivity contribution in [3.8, 4) is 0 Å².